The van der Waals surface area contributed by atoms with Gasteiger partial charge in [0.15, 0.2) is 5.57 Å². The van der Waals surface area contributed by atoms with Crippen LogP contribution in [0.4, 0.5) is 0 Å². The predicted molar refractivity (Wildman–Crippen MR) is 247 cm³/mol. The molecule has 0 amide bonds. The number of hydrogen-bond donors (Lipinski definition) is 0. The smallest absolute Gasteiger partial charge is 0.358 e. The largest absolute Gasteiger partial charge is 2.00 e. The average Bonchev–Trinajstić information content (AvgIpc) is 3.13. The zero-order valence-electron chi connectivity index (χ0n) is 34.2. The van der Waals surface area contributed by atoms with Gasteiger partial charge in [-0.3, -0.25) is 9.97 Å². The molecular formula is C46H52Cl2Cu2N6P2+. The summed E-state index contributed by atoms with van der Waals surface area (Å²) in [5.41, 5.74) is 7.97. The first-order valence-electron chi connectivity index (χ1n) is 17.4. The van der Waals surface area contributed by atoms with Crippen molar-refractivity contribution in [1.29, 1.82) is 0 Å². The van der Waals surface area contributed by atoms with E-state index >= 15 is 0 Å². The van der Waals surface area contributed by atoms with Crippen LogP contribution in [0, 0.1) is 63.3 Å². The second kappa shape index (κ2) is 28.8. The van der Waals surface area contributed by atoms with Crippen molar-refractivity contribution in [3.63, 3.8) is 0 Å². The Morgan fingerprint density at radius 1 is 0.483 bits per heavy atom. The van der Waals surface area contributed by atoms with Crippen LogP contribution in [0.1, 0.15) is 40.0 Å². The van der Waals surface area contributed by atoms with E-state index < -0.39 is 15.8 Å². The van der Waals surface area contributed by atoms with Crippen molar-refractivity contribution in [2.24, 2.45) is 0 Å². The van der Waals surface area contributed by atoms with Crippen LogP contribution >= 0.6 is 39.0 Å². The van der Waals surface area contributed by atoms with Crippen molar-refractivity contribution in [1.82, 2.24) is 29.9 Å². The molecule has 58 heavy (non-hydrogen) atoms. The Labute approximate surface area is 381 Å². The summed E-state index contributed by atoms with van der Waals surface area (Å²) < 4.78 is 0. The van der Waals surface area contributed by atoms with Gasteiger partial charge in [-0.25, -0.2) is 19.9 Å². The Hall–Kier alpha value is -3.53. The van der Waals surface area contributed by atoms with Gasteiger partial charge >= 0.3 is 34.1 Å². The van der Waals surface area contributed by atoms with Crippen molar-refractivity contribution in [2.75, 3.05) is 5.34 Å². The summed E-state index contributed by atoms with van der Waals surface area (Å²) in [5.74, 6) is 0.604. The fourth-order valence-corrected chi connectivity index (χ4v) is 10.3. The SMILES string of the molecule is Cc1cc(C)nc(P(c2ccccc2)c2ccccc2)n1.Cc1cc(C)nc([PH+](c2ccccc2)c2ccccc2)n1.ClCCl.[CH2-]c1nc(C)cc(C)n1.[CH3-].[CH3-].[Cu+2].[Cu+]. The number of aryl methyl sites for hydroxylation is 6. The van der Waals surface area contributed by atoms with Gasteiger partial charge in [0.2, 0.25) is 0 Å². The molecule has 311 valence electrons. The minimum absolute atomic E-state index is 0. The number of aromatic nitrogens is 6. The third-order valence-electron chi connectivity index (χ3n) is 7.56. The molecule has 6 nitrogen and oxygen atoms in total. The summed E-state index contributed by atoms with van der Waals surface area (Å²) in [6.45, 7) is 15.6. The molecule has 0 unspecified atom stereocenters. The summed E-state index contributed by atoms with van der Waals surface area (Å²) in [5, 5.41) is 5.39. The van der Waals surface area contributed by atoms with Crippen molar-refractivity contribution in [3.8, 4) is 0 Å². The van der Waals surface area contributed by atoms with Crippen LogP contribution < -0.4 is 32.3 Å². The molecule has 4 aromatic carbocycles. The first-order valence-corrected chi connectivity index (χ1v) is 21.3. The first kappa shape index (κ1) is 54.5. The molecule has 0 N–H and O–H groups in total. The van der Waals surface area contributed by atoms with E-state index in [0.717, 1.165) is 45.3 Å². The molecule has 0 bridgehead atoms. The van der Waals surface area contributed by atoms with Crippen molar-refractivity contribution >= 4 is 71.4 Å². The van der Waals surface area contributed by atoms with Gasteiger partial charge in [0.25, 0.3) is 5.57 Å². The molecule has 3 aromatic heterocycles. The monoisotopic (exact) mass is 946 g/mol. The van der Waals surface area contributed by atoms with Gasteiger partial charge in [0.05, 0.1) is 5.34 Å². The second-order valence-electron chi connectivity index (χ2n) is 12.2. The van der Waals surface area contributed by atoms with E-state index in [1.54, 1.807) is 0 Å². The number of rotatable bonds is 6. The molecule has 0 aliphatic carbocycles. The maximum absolute atomic E-state index is 4.76. The molecule has 0 spiro atoms. The zero-order valence-corrected chi connectivity index (χ0v) is 39.5. The number of nitrogens with zero attached hydrogens (tertiary/aromatic N) is 6. The summed E-state index contributed by atoms with van der Waals surface area (Å²) in [6, 6.07) is 48.2. The van der Waals surface area contributed by atoms with Gasteiger partial charge in [-0.2, -0.15) is 0 Å². The average molecular weight is 949 g/mol. The summed E-state index contributed by atoms with van der Waals surface area (Å²) in [6.07, 6.45) is 0. The van der Waals surface area contributed by atoms with Crippen LogP contribution in [-0.4, -0.2) is 35.2 Å². The maximum Gasteiger partial charge on any atom is 2.00 e. The Morgan fingerprint density at radius 3 is 1.07 bits per heavy atom. The standard InChI is InChI=1S/2C18H17N2P.C7H9N2.CH2Cl2.2CH3.2Cu/c2*1-14-13-15(2)20-18(19-14)21(16-9-5-3-6-10-16)17-11-7-4-8-12-17;1-5-4-6(2)9-7(3)8-5;2-1-3;;;;/h2*3-13H,1-2H3;4H,3H2,1-2H3;1H2;2*1H3;;/q;;-1;;2*-1;+1;+2/p+1. The van der Waals surface area contributed by atoms with E-state index in [0.29, 0.717) is 5.82 Å². The van der Waals surface area contributed by atoms with Crippen molar-refractivity contribution < 1.29 is 34.1 Å². The molecule has 0 atom stereocenters. The second-order valence-corrected chi connectivity index (χ2v) is 17.5. The Balaban J connectivity index is 0.000000834. The third kappa shape index (κ3) is 17.8. The van der Waals surface area contributed by atoms with Crippen LogP contribution in [0.15, 0.2) is 140 Å². The van der Waals surface area contributed by atoms with Crippen LogP contribution in [0.2, 0.25) is 0 Å². The van der Waals surface area contributed by atoms with Gasteiger partial charge in [0, 0.05) is 42.1 Å². The van der Waals surface area contributed by atoms with Gasteiger partial charge in [-0.15, -0.1) is 23.2 Å². The van der Waals surface area contributed by atoms with E-state index in [-0.39, 0.29) is 54.3 Å². The fourth-order valence-electron chi connectivity index (χ4n) is 5.61. The van der Waals surface area contributed by atoms with E-state index in [1.807, 2.05) is 71.9 Å². The van der Waals surface area contributed by atoms with Crippen molar-refractivity contribution in [2.45, 2.75) is 41.5 Å². The molecule has 7 aromatic rings. The molecule has 0 saturated heterocycles. The number of hydrogen-bond acceptors (Lipinski definition) is 6. The maximum atomic E-state index is 4.76. The fraction of sp³-hybridized carbons (Fsp3) is 0.152. The van der Waals surface area contributed by atoms with Crippen LogP contribution in [0.25, 0.3) is 0 Å². The molecule has 1 radical (unpaired) electrons. The minimum atomic E-state index is -1.14. The number of halogens is 2. The van der Waals surface area contributed by atoms with Crippen LogP contribution in [0.3, 0.4) is 0 Å². The quantitative estimate of drug-likeness (QED) is 0.0718. The predicted octanol–water partition coefficient (Wildman–Crippen LogP) is 9.03. The molecule has 12 heteroatoms. The van der Waals surface area contributed by atoms with Gasteiger partial charge in [0.1, 0.15) is 18.5 Å². The van der Waals surface area contributed by atoms with E-state index in [2.05, 4.69) is 126 Å². The van der Waals surface area contributed by atoms with Gasteiger partial charge < -0.3 is 21.8 Å². The van der Waals surface area contributed by atoms with Gasteiger partial charge in [-0.05, 0) is 100 Å². The molecule has 0 saturated carbocycles. The Morgan fingerprint density at radius 2 is 0.759 bits per heavy atom. The molecule has 7 rings (SSSR count). The number of alkyl halides is 2. The minimum Gasteiger partial charge on any atom is -0.358 e. The molecule has 0 fully saturated rings. The van der Waals surface area contributed by atoms with E-state index in [9.17, 15) is 0 Å². The normalized spacial score (nSPS) is 9.62. The molecule has 3 heterocycles. The van der Waals surface area contributed by atoms with Gasteiger partial charge in [-0.1, -0.05) is 97.1 Å². The summed E-state index contributed by atoms with van der Waals surface area (Å²) >= 11 is 9.53. The van der Waals surface area contributed by atoms with E-state index in [4.69, 9.17) is 43.1 Å². The van der Waals surface area contributed by atoms with Crippen LogP contribution in [-0.2, 0) is 34.1 Å². The molecular weight excluding hydrogens is 896 g/mol. The summed E-state index contributed by atoms with van der Waals surface area (Å²) in [7, 11) is -1.84. The molecule has 0 aliphatic heterocycles. The van der Waals surface area contributed by atoms with E-state index in [1.165, 1.54) is 21.2 Å². The summed E-state index contributed by atoms with van der Waals surface area (Å²) in [4.78, 5) is 26.9. The van der Waals surface area contributed by atoms with Crippen LogP contribution in [0.5, 0.6) is 0 Å². The number of benzene rings is 4. The van der Waals surface area contributed by atoms with Crippen molar-refractivity contribution in [3.05, 3.63) is 201 Å². The first-order chi connectivity index (χ1) is 26.1. The third-order valence-corrected chi connectivity index (χ3v) is 12.3. The Kier molecular flexibility index (Phi) is 27.1. The molecule has 0 aliphatic rings. The Bertz CT molecular complexity index is 1870. The topological polar surface area (TPSA) is 77.3 Å². The zero-order chi connectivity index (χ0) is 38.9.